The summed E-state index contributed by atoms with van der Waals surface area (Å²) in [6.07, 6.45) is 4.96. The van der Waals surface area contributed by atoms with Gasteiger partial charge in [0, 0.05) is 18.9 Å². The minimum atomic E-state index is -0.491. The number of amides is 2. The Morgan fingerprint density at radius 2 is 2.22 bits per heavy atom. The van der Waals surface area contributed by atoms with Crippen molar-refractivity contribution in [1.29, 1.82) is 0 Å². The van der Waals surface area contributed by atoms with E-state index >= 15 is 0 Å². The number of rotatable bonds is 4. The van der Waals surface area contributed by atoms with Gasteiger partial charge in [0.1, 0.15) is 6.61 Å². The Bertz CT molecular complexity index is 450. The maximum Gasteiger partial charge on any atom is 0.306 e. The minimum absolute atomic E-state index is 0.0486. The molecule has 0 aliphatic carbocycles. The van der Waals surface area contributed by atoms with Crippen molar-refractivity contribution in [1.82, 2.24) is 10.6 Å². The van der Waals surface area contributed by atoms with Crippen molar-refractivity contribution in [3.63, 3.8) is 0 Å². The summed E-state index contributed by atoms with van der Waals surface area (Å²) in [5.41, 5.74) is 0. The average Bonchev–Trinajstić information content (AvgIpc) is 2.50. The fraction of sp³-hybridized carbons (Fsp3) is 0.688. The van der Waals surface area contributed by atoms with Gasteiger partial charge in [-0.2, -0.15) is 0 Å². The maximum atomic E-state index is 12.3. The molecule has 0 fully saturated rings. The zero-order valence-electron chi connectivity index (χ0n) is 13.7. The number of hydrogen-bond donors (Lipinski definition) is 3. The van der Waals surface area contributed by atoms with Crippen LogP contribution in [0.5, 0.6) is 0 Å². The van der Waals surface area contributed by atoms with Gasteiger partial charge in [-0.25, -0.2) is 0 Å². The molecule has 0 bridgehead atoms. The second-order valence-corrected chi connectivity index (χ2v) is 5.89. The number of aliphatic hydroxyl groups is 1. The molecule has 7 heteroatoms. The minimum Gasteiger partial charge on any atom is -0.463 e. The smallest absolute Gasteiger partial charge is 0.306 e. The van der Waals surface area contributed by atoms with Gasteiger partial charge in [-0.3, -0.25) is 14.4 Å². The summed E-state index contributed by atoms with van der Waals surface area (Å²) in [5.74, 6) is -1.29. The Morgan fingerprint density at radius 1 is 1.48 bits per heavy atom. The van der Waals surface area contributed by atoms with Gasteiger partial charge in [0.25, 0.3) is 0 Å². The molecule has 3 atom stereocenters. The van der Waals surface area contributed by atoms with Crippen LogP contribution >= 0.6 is 0 Å². The van der Waals surface area contributed by atoms with Crippen LogP contribution in [-0.2, 0) is 19.1 Å². The van der Waals surface area contributed by atoms with Gasteiger partial charge in [-0.1, -0.05) is 12.2 Å². The Kier molecular flexibility index (Phi) is 8.32. The van der Waals surface area contributed by atoms with Gasteiger partial charge < -0.3 is 20.5 Å². The van der Waals surface area contributed by atoms with Crippen molar-refractivity contribution in [2.24, 2.45) is 5.92 Å². The third-order valence-corrected chi connectivity index (χ3v) is 3.47. The standard InChI is InChI=1S/C16H26N2O5/c1-11(9-19)17-14(20)8-13-6-4-3-5-7-15(21)23-10-12(2)18-16(13)22/h3-4,11-13,19H,5-10H2,1-2H3,(H,17,20)(H,18,22)/t11-,12-,13+/m0/s1. The lowest BCUT2D eigenvalue weighted by molar-refractivity contribution is -0.145. The molecule has 23 heavy (non-hydrogen) atoms. The van der Waals surface area contributed by atoms with Crippen molar-refractivity contribution < 1.29 is 24.2 Å². The highest BCUT2D eigenvalue weighted by molar-refractivity contribution is 5.86. The lowest BCUT2D eigenvalue weighted by Crippen LogP contribution is -2.43. The van der Waals surface area contributed by atoms with Gasteiger partial charge in [0.2, 0.25) is 11.8 Å². The lowest BCUT2D eigenvalue weighted by atomic mass is 9.98. The predicted octanol–water partition coefficient (Wildman–Crippen LogP) is 0.278. The van der Waals surface area contributed by atoms with Gasteiger partial charge in [-0.15, -0.1) is 0 Å². The number of carbonyl (C=O) groups excluding carboxylic acids is 3. The molecule has 1 heterocycles. The molecule has 1 aliphatic rings. The molecule has 1 aliphatic heterocycles. The first-order chi connectivity index (χ1) is 10.9. The molecule has 7 nitrogen and oxygen atoms in total. The molecular formula is C16H26N2O5. The van der Waals surface area contributed by atoms with Crippen molar-refractivity contribution in [2.45, 2.75) is 51.6 Å². The number of aliphatic hydroxyl groups excluding tert-OH is 1. The number of allylic oxidation sites excluding steroid dienone is 2. The number of carbonyl (C=O) groups is 3. The first kappa shape index (κ1) is 19.2. The number of hydrogen-bond acceptors (Lipinski definition) is 5. The van der Waals surface area contributed by atoms with Crippen LogP contribution in [0, 0.1) is 5.92 Å². The van der Waals surface area contributed by atoms with E-state index in [1.54, 1.807) is 13.8 Å². The summed E-state index contributed by atoms with van der Waals surface area (Å²) < 4.78 is 5.06. The van der Waals surface area contributed by atoms with Crippen LogP contribution in [-0.4, -0.2) is 48.2 Å². The van der Waals surface area contributed by atoms with Crippen LogP contribution in [0.1, 0.15) is 39.5 Å². The third kappa shape index (κ3) is 7.78. The SMILES string of the molecule is C[C@@H](CO)NC(=O)C[C@H]1CC=CCCC(=O)OC[C@H](C)NC1=O. The summed E-state index contributed by atoms with van der Waals surface area (Å²) in [7, 11) is 0. The molecule has 0 saturated carbocycles. The molecule has 0 aromatic heterocycles. The lowest BCUT2D eigenvalue weighted by Gasteiger charge is -2.20. The van der Waals surface area contributed by atoms with Gasteiger partial charge in [0.15, 0.2) is 0 Å². The fourth-order valence-electron chi connectivity index (χ4n) is 2.16. The zero-order valence-corrected chi connectivity index (χ0v) is 13.7. The van der Waals surface area contributed by atoms with Crippen LogP contribution < -0.4 is 10.6 Å². The molecule has 0 saturated heterocycles. The maximum absolute atomic E-state index is 12.3. The molecule has 130 valence electrons. The van der Waals surface area contributed by atoms with Crippen LogP contribution in [0.25, 0.3) is 0 Å². The summed E-state index contributed by atoms with van der Waals surface area (Å²) >= 11 is 0. The van der Waals surface area contributed by atoms with E-state index in [2.05, 4.69) is 10.6 Å². The van der Waals surface area contributed by atoms with Gasteiger partial charge in [-0.05, 0) is 26.7 Å². The van der Waals surface area contributed by atoms with E-state index in [-0.39, 0.29) is 49.5 Å². The Balaban J connectivity index is 2.69. The van der Waals surface area contributed by atoms with Crippen LogP contribution in [0.3, 0.4) is 0 Å². The molecular weight excluding hydrogens is 300 g/mol. The molecule has 0 aromatic carbocycles. The molecule has 1 rings (SSSR count). The molecule has 0 radical (unpaired) electrons. The van der Waals surface area contributed by atoms with Gasteiger partial charge in [0.05, 0.1) is 18.6 Å². The number of esters is 1. The summed E-state index contributed by atoms with van der Waals surface area (Å²) in [6.45, 7) is 3.41. The van der Waals surface area contributed by atoms with Crippen molar-refractivity contribution >= 4 is 17.8 Å². The highest BCUT2D eigenvalue weighted by atomic mass is 16.5. The van der Waals surface area contributed by atoms with Crippen LogP contribution in [0.4, 0.5) is 0 Å². The third-order valence-electron chi connectivity index (χ3n) is 3.47. The summed E-state index contributed by atoms with van der Waals surface area (Å²) in [4.78, 5) is 35.7. The number of ether oxygens (including phenoxy) is 1. The summed E-state index contributed by atoms with van der Waals surface area (Å²) in [6, 6.07) is -0.650. The Hall–Kier alpha value is -1.89. The second-order valence-electron chi connectivity index (χ2n) is 5.89. The highest BCUT2D eigenvalue weighted by Gasteiger charge is 2.23. The molecule has 0 aromatic rings. The molecule has 2 amide bonds. The Labute approximate surface area is 136 Å². The normalized spacial score (nSPS) is 24.7. The van der Waals surface area contributed by atoms with E-state index in [4.69, 9.17) is 9.84 Å². The predicted molar refractivity (Wildman–Crippen MR) is 84.4 cm³/mol. The van der Waals surface area contributed by atoms with E-state index in [1.807, 2.05) is 12.2 Å². The van der Waals surface area contributed by atoms with E-state index in [0.29, 0.717) is 19.3 Å². The van der Waals surface area contributed by atoms with E-state index < -0.39 is 5.92 Å². The topological polar surface area (TPSA) is 105 Å². The summed E-state index contributed by atoms with van der Waals surface area (Å²) in [5, 5.41) is 14.4. The second kappa shape index (κ2) is 9.99. The fourth-order valence-corrected chi connectivity index (χ4v) is 2.16. The quantitative estimate of drug-likeness (QED) is 0.508. The van der Waals surface area contributed by atoms with E-state index in [0.717, 1.165) is 0 Å². The Morgan fingerprint density at radius 3 is 2.91 bits per heavy atom. The highest BCUT2D eigenvalue weighted by Crippen LogP contribution is 2.12. The average molecular weight is 326 g/mol. The van der Waals surface area contributed by atoms with Crippen molar-refractivity contribution in [2.75, 3.05) is 13.2 Å². The van der Waals surface area contributed by atoms with Crippen LogP contribution in [0.15, 0.2) is 12.2 Å². The zero-order chi connectivity index (χ0) is 17.2. The molecule has 0 unspecified atom stereocenters. The first-order valence-corrected chi connectivity index (χ1v) is 7.93. The monoisotopic (exact) mass is 326 g/mol. The van der Waals surface area contributed by atoms with Gasteiger partial charge >= 0.3 is 5.97 Å². The molecule has 3 N–H and O–H groups in total. The van der Waals surface area contributed by atoms with Crippen LogP contribution in [0.2, 0.25) is 0 Å². The van der Waals surface area contributed by atoms with Crippen molar-refractivity contribution in [3.8, 4) is 0 Å². The van der Waals surface area contributed by atoms with E-state index in [9.17, 15) is 14.4 Å². The number of cyclic esters (lactones) is 1. The first-order valence-electron chi connectivity index (χ1n) is 7.93. The van der Waals surface area contributed by atoms with E-state index in [1.165, 1.54) is 0 Å². The largest absolute Gasteiger partial charge is 0.463 e. The van der Waals surface area contributed by atoms with Crippen molar-refractivity contribution in [3.05, 3.63) is 12.2 Å². The molecule has 0 spiro atoms. The number of nitrogens with one attached hydrogen (secondary N) is 2.